The Bertz CT molecular complexity index is 1250. The zero-order valence-corrected chi connectivity index (χ0v) is 22.1. The Hall–Kier alpha value is -3.60. The molecule has 0 radical (unpaired) electrons. The molecule has 4 N–H and O–H groups in total. The van der Waals surface area contributed by atoms with Gasteiger partial charge in [0.2, 0.25) is 0 Å². The molecule has 0 aliphatic heterocycles. The van der Waals surface area contributed by atoms with E-state index in [1.54, 1.807) is 42.6 Å². The van der Waals surface area contributed by atoms with Gasteiger partial charge in [-0.05, 0) is 37.4 Å². The van der Waals surface area contributed by atoms with E-state index < -0.39 is 12.1 Å². The number of aliphatic hydroxyl groups excluding tert-OH is 1. The summed E-state index contributed by atoms with van der Waals surface area (Å²) in [4.78, 5) is 30.7. The van der Waals surface area contributed by atoms with Gasteiger partial charge in [0, 0.05) is 44.4 Å². The highest BCUT2D eigenvalue weighted by atomic mass is 35.5. The SMILES string of the molecule is CCN(CC)C[C@H](O)COc1cc2nccc(Oc3ccc(NC(=O)NC)c(Cl)c3)c2cc1C(=O)NC. The molecule has 0 bridgehead atoms. The summed E-state index contributed by atoms with van der Waals surface area (Å²) in [6.45, 7) is 6.18. The van der Waals surface area contributed by atoms with E-state index in [1.165, 1.54) is 14.1 Å². The van der Waals surface area contributed by atoms with Crippen molar-refractivity contribution in [3.63, 3.8) is 0 Å². The summed E-state index contributed by atoms with van der Waals surface area (Å²) in [6.07, 6.45) is 0.862. The molecular weight excluding hydrogens is 498 g/mol. The lowest BCUT2D eigenvalue weighted by Crippen LogP contribution is -2.35. The van der Waals surface area contributed by atoms with Gasteiger partial charge >= 0.3 is 6.03 Å². The van der Waals surface area contributed by atoms with Crippen molar-refractivity contribution in [2.24, 2.45) is 0 Å². The molecule has 37 heavy (non-hydrogen) atoms. The van der Waals surface area contributed by atoms with Gasteiger partial charge in [0.05, 0.1) is 21.8 Å². The molecule has 11 heteroatoms. The smallest absolute Gasteiger partial charge is 0.319 e. The number of aliphatic hydroxyl groups is 1. The van der Waals surface area contributed by atoms with Gasteiger partial charge in [-0.25, -0.2) is 4.79 Å². The Kier molecular flexibility index (Phi) is 9.90. The number of halogens is 1. The fourth-order valence-corrected chi connectivity index (χ4v) is 3.88. The Morgan fingerprint density at radius 2 is 1.84 bits per heavy atom. The lowest BCUT2D eigenvalue weighted by Gasteiger charge is -2.22. The van der Waals surface area contributed by atoms with E-state index >= 15 is 0 Å². The fraction of sp³-hybridized carbons (Fsp3) is 0.346. The Morgan fingerprint density at radius 1 is 1.08 bits per heavy atom. The third kappa shape index (κ3) is 7.22. The van der Waals surface area contributed by atoms with Crippen molar-refractivity contribution in [3.8, 4) is 17.2 Å². The number of carbonyl (C=O) groups is 2. The monoisotopic (exact) mass is 529 g/mol. The predicted octanol–water partition coefficient (Wildman–Crippen LogP) is 3.87. The number of hydrogen-bond donors (Lipinski definition) is 4. The van der Waals surface area contributed by atoms with Crippen molar-refractivity contribution in [1.29, 1.82) is 0 Å². The van der Waals surface area contributed by atoms with Crippen LogP contribution in [0.2, 0.25) is 5.02 Å². The molecule has 0 aliphatic carbocycles. The van der Waals surface area contributed by atoms with E-state index in [0.717, 1.165) is 13.1 Å². The number of fused-ring (bicyclic) bond motifs is 1. The summed E-state index contributed by atoms with van der Waals surface area (Å²) >= 11 is 6.30. The van der Waals surface area contributed by atoms with Gasteiger partial charge in [-0.2, -0.15) is 0 Å². The molecule has 0 aliphatic rings. The zero-order valence-electron chi connectivity index (χ0n) is 21.3. The molecule has 0 saturated carbocycles. The van der Waals surface area contributed by atoms with Crippen LogP contribution in [0, 0.1) is 0 Å². The highest BCUT2D eigenvalue weighted by Gasteiger charge is 2.18. The average Bonchev–Trinajstić information content (AvgIpc) is 2.91. The molecule has 0 fully saturated rings. The van der Waals surface area contributed by atoms with Gasteiger partial charge in [0.15, 0.2) is 0 Å². The first-order valence-electron chi connectivity index (χ1n) is 11.9. The van der Waals surface area contributed by atoms with E-state index in [4.69, 9.17) is 21.1 Å². The number of pyridine rings is 1. The molecule has 10 nitrogen and oxygen atoms in total. The molecule has 0 spiro atoms. The summed E-state index contributed by atoms with van der Waals surface area (Å²) in [6, 6.07) is 9.45. The number of rotatable bonds is 11. The maximum atomic E-state index is 12.7. The summed E-state index contributed by atoms with van der Waals surface area (Å²) in [5.41, 5.74) is 1.26. The number of amides is 3. The number of aromatic nitrogens is 1. The number of nitrogens with one attached hydrogen (secondary N) is 3. The van der Waals surface area contributed by atoms with Crippen LogP contribution >= 0.6 is 11.6 Å². The second-order valence-electron chi connectivity index (χ2n) is 8.15. The number of anilines is 1. The molecule has 198 valence electrons. The predicted molar refractivity (Wildman–Crippen MR) is 144 cm³/mol. The number of ether oxygens (including phenoxy) is 2. The standard InChI is InChI=1S/C26H32ClN5O5/c1-5-32(6-2)14-16(33)15-36-24-13-22-18(12-19(24)25(34)28-3)23(9-10-30-22)37-17-7-8-21(20(27)11-17)31-26(35)29-4/h7-13,16,33H,5-6,14-15H2,1-4H3,(H,28,34)(H2,29,31,35)/t16-/m0/s1. The Labute approximate surface area is 220 Å². The minimum atomic E-state index is -0.721. The number of likely N-dealkylation sites (N-methyl/N-ethyl adjacent to an activating group) is 1. The molecular formula is C26H32ClN5O5. The topological polar surface area (TPSA) is 125 Å². The minimum Gasteiger partial charge on any atom is -0.490 e. The highest BCUT2D eigenvalue weighted by Crippen LogP contribution is 2.35. The number of urea groups is 1. The lowest BCUT2D eigenvalue weighted by molar-refractivity contribution is 0.0706. The van der Waals surface area contributed by atoms with Crippen molar-refractivity contribution < 1.29 is 24.2 Å². The molecule has 0 saturated heterocycles. The first-order valence-corrected chi connectivity index (χ1v) is 12.3. The van der Waals surface area contributed by atoms with Crippen LogP contribution in [0.4, 0.5) is 10.5 Å². The Balaban J connectivity index is 1.89. The average molecular weight is 530 g/mol. The van der Waals surface area contributed by atoms with Gasteiger partial charge in [-0.15, -0.1) is 0 Å². The summed E-state index contributed by atoms with van der Waals surface area (Å²) in [5.74, 6) is 0.841. The summed E-state index contributed by atoms with van der Waals surface area (Å²) in [7, 11) is 3.04. The molecule has 1 atom stereocenters. The van der Waals surface area contributed by atoms with E-state index in [-0.39, 0.29) is 18.1 Å². The molecule has 1 heterocycles. The van der Waals surface area contributed by atoms with Crippen molar-refractivity contribution in [2.45, 2.75) is 20.0 Å². The molecule has 3 amide bonds. The second kappa shape index (κ2) is 13.1. The number of hydrogen-bond acceptors (Lipinski definition) is 7. The molecule has 3 rings (SSSR count). The van der Waals surface area contributed by atoms with Crippen LogP contribution < -0.4 is 25.4 Å². The van der Waals surface area contributed by atoms with Crippen LogP contribution in [0.15, 0.2) is 42.6 Å². The van der Waals surface area contributed by atoms with Crippen LogP contribution in [0.5, 0.6) is 17.2 Å². The Morgan fingerprint density at radius 3 is 2.49 bits per heavy atom. The van der Waals surface area contributed by atoms with Crippen LogP contribution in [-0.2, 0) is 0 Å². The third-order valence-corrected chi connectivity index (χ3v) is 6.03. The van der Waals surface area contributed by atoms with Gasteiger partial charge in [0.25, 0.3) is 5.91 Å². The molecule has 1 aromatic heterocycles. The van der Waals surface area contributed by atoms with E-state index in [1.807, 2.05) is 13.8 Å². The second-order valence-corrected chi connectivity index (χ2v) is 8.56. The number of nitrogens with zero attached hydrogens (tertiary/aromatic N) is 2. The number of carbonyl (C=O) groups excluding carboxylic acids is 2. The van der Waals surface area contributed by atoms with Gasteiger partial charge in [0.1, 0.15) is 30.0 Å². The van der Waals surface area contributed by atoms with E-state index in [9.17, 15) is 14.7 Å². The highest BCUT2D eigenvalue weighted by molar-refractivity contribution is 6.33. The van der Waals surface area contributed by atoms with Gasteiger partial charge in [-0.1, -0.05) is 25.4 Å². The van der Waals surface area contributed by atoms with Crippen molar-refractivity contribution in [2.75, 3.05) is 45.7 Å². The van der Waals surface area contributed by atoms with E-state index in [0.29, 0.717) is 45.4 Å². The summed E-state index contributed by atoms with van der Waals surface area (Å²) < 4.78 is 11.9. The lowest BCUT2D eigenvalue weighted by atomic mass is 10.1. The quantitative estimate of drug-likeness (QED) is 0.297. The molecule has 3 aromatic rings. The van der Waals surface area contributed by atoms with Crippen LogP contribution in [0.3, 0.4) is 0 Å². The van der Waals surface area contributed by atoms with Crippen molar-refractivity contribution in [1.82, 2.24) is 20.5 Å². The van der Waals surface area contributed by atoms with Crippen LogP contribution in [-0.4, -0.2) is 73.4 Å². The number of benzene rings is 2. The summed E-state index contributed by atoms with van der Waals surface area (Å²) in [5, 5.41) is 19.0. The fourth-order valence-electron chi connectivity index (χ4n) is 3.66. The van der Waals surface area contributed by atoms with Crippen LogP contribution in [0.25, 0.3) is 10.9 Å². The maximum Gasteiger partial charge on any atom is 0.319 e. The van der Waals surface area contributed by atoms with E-state index in [2.05, 4.69) is 25.8 Å². The maximum absolute atomic E-state index is 12.7. The van der Waals surface area contributed by atoms with Gasteiger partial charge < -0.3 is 35.4 Å². The van der Waals surface area contributed by atoms with Crippen molar-refractivity contribution in [3.05, 3.63) is 53.2 Å². The first kappa shape index (κ1) is 28.0. The van der Waals surface area contributed by atoms with Gasteiger partial charge in [-0.3, -0.25) is 9.78 Å². The minimum absolute atomic E-state index is 0.0249. The molecule has 2 aromatic carbocycles. The largest absolute Gasteiger partial charge is 0.490 e. The first-order chi connectivity index (χ1) is 17.8. The third-order valence-electron chi connectivity index (χ3n) is 5.71. The van der Waals surface area contributed by atoms with Crippen molar-refractivity contribution >= 4 is 40.1 Å². The molecule has 0 unspecified atom stereocenters. The zero-order chi connectivity index (χ0) is 26.9. The van der Waals surface area contributed by atoms with Crippen LogP contribution in [0.1, 0.15) is 24.2 Å². The normalized spacial score (nSPS) is 11.8.